The maximum absolute atomic E-state index is 5.26. The molecule has 1 saturated carbocycles. The summed E-state index contributed by atoms with van der Waals surface area (Å²) in [4.78, 5) is 2.58. The number of benzene rings is 1. The second-order valence-electron chi connectivity index (χ2n) is 6.45. The first-order chi connectivity index (χ1) is 9.72. The number of hydrogen-bond acceptors (Lipinski definition) is 3. The number of methoxy groups -OCH3 is 1. The molecule has 1 heterocycles. The Bertz CT molecular complexity index is 454. The largest absolute Gasteiger partial charge is 0.380 e. The van der Waals surface area contributed by atoms with Crippen molar-refractivity contribution in [2.45, 2.75) is 50.8 Å². The molecular weight excluding hydrogens is 248 g/mol. The molecule has 1 aromatic carbocycles. The van der Waals surface area contributed by atoms with E-state index in [2.05, 4.69) is 41.4 Å². The van der Waals surface area contributed by atoms with Crippen LogP contribution in [0, 0.1) is 0 Å². The number of piperazine rings is 1. The van der Waals surface area contributed by atoms with Gasteiger partial charge in [-0.25, -0.2) is 0 Å². The van der Waals surface area contributed by atoms with E-state index in [1.54, 1.807) is 7.11 Å². The van der Waals surface area contributed by atoms with Gasteiger partial charge in [-0.2, -0.15) is 0 Å². The summed E-state index contributed by atoms with van der Waals surface area (Å²) in [6, 6.07) is 9.38. The van der Waals surface area contributed by atoms with E-state index in [0.717, 1.165) is 13.1 Å². The maximum Gasteiger partial charge on any atom is 0.0713 e. The molecule has 0 bridgehead atoms. The van der Waals surface area contributed by atoms with E-state index >= 15 is 0 Å². The van der Waals surface area contributed by atoms with Gasteiger partial charge in [-0.05, 0) is 37.5 Å². The zero-order chi connectivity index (χ0) is 14.0. The van der Waals surface area contributed by atoms with Crippen LogP contribution in [0.15, 0.2) is 24.3 Å². The Hall–Kier alpha value is -1.06. The molecule has 3 nitrogen and oxygen atoms in total. The highest BCUT2D eigenvalue weighted by Crippen LogP contribution is 2.35. The summed E-state index contributed by atoms with van der Waals surface area (Å²) in [7, 11) is 1.76. The minimum atomic E-state index is 0.365. The molecule has 2 aliphatic rings. The van der Waals surface area contributed by atoms with Crippen LogP contribution in [0.5, 0.6) is 0 Å². The summed E-state index contributed by atoms with van der Waals surface area (Å²) in [5.74, 6) is 0. The van der Waals surface area contributed by atoms with E-state index in [-0.39, 0.29) is 0 Å². The fraction of sp³-hybridized carbons (Fsp3) is 0.647. The molecule has 1 aliphatic heterocycles. The van der Waals surface area contributed by atoms with E-state index < -0.39 is 0 Å². The third kappa shape index (κ3) is 2.70. The smallest absolute Gasteiger partial charge is 0.0713 e. The van der Waals surface area contributed by atoms with E-state index in [1.807, 2.05) is 0 Å². The van der Waals surface area contributed by atoms with Crippen molar-refractivity contribution >= 4 is 5.69 Å². The predicted molar refractivity (Wildman–Crippen MR) is 83.2 cm³/mol. The second-order valence-corrected chi connectivity index (χ2v) is 6.45. The van der Waals surface area contributed by atoms with E-state index in [4.69, 9.17) is 4.74 Å². The van der Waals surface area contributed by atoms with Crippen LogP contribution in [0.3, 0.4) is 0 Å². The van der Waals surface area contributed by atoms with Crippen molar-refractivity contribution in [3.63, 3.8) is 0 Å². The molecule has 1 unspecified atom stereocenters. The fourth-order valence-electron chi connectivity index (χ4n) is 3.74. The SMILES string of the molecule is COCc1cccc(N2CC3(CCCC3)NCC2C)c1. The van der Waals surface area contributed by atoms with Crippen molar-refractivity contribution in [2.24, 2.45) is 0 Å². The average Bonchev–Trinajstić information content (AvgIpc) is 2.91. The average molecular weight is 274 g/mol. The van der Waals surface area contributed by atoms with E-state index in [0.29, 0.717) is 18.2 Å². The lowest BCUT2D eigenvalue weighted by Gasteiger charge is -2.46. The molecule has 1 aromatic rings. The molecule has 1 aliphatic carbocycles. The van der Waals surface area contributed by atoms with Gasteiger partial charge in [0.25, 0.3) is 0 Å². The molecule has 20 heavy (non-hydrogen) atoms. The number of ether oxygens (including phenoxy) is 1. The first kappa shape index (κ1) is 13.9. The molecule has 0 amide bonds. The minimum Gasteiger partial charge on any atom is -0.380 e. The molecule has 2 fully saturated rings. The van der Waals surface area contributed by atoms with Crippen LogP contribution >= 0.6 is 0 Å². The molecule has 1 N–H and O–H groups in total. The lowest BCUT2D eigenvalue weighted by molar-refractivity contribution is 0.185. The van der Waals surface area contributed by atoms with Crippen molar-refractivity contribution in [3.8, 4) is 0 Å². The standard InChI is InChI=1S/C17H26N2O/c1-14-11-18-17(8-3-4-9-17)13-19(14)16-7-5-6-15(10-16)12-20-2/h5-7,10,14,18H,3-4,8-9,11-13H2,1-2H3. The monoisotopic (exact) mass is 274 g/mol. The van der Waals surface area contributed by atoms with Crippen molar-refractivity contribution in [1.29, 1.82) is 0 Å². The van der Waals surface area contributed by atoms with Crippen molar-refractivity contribution < 1.29 is 4.74 Å². The van der Waals surface area contributed by atoms with Gasteiger partial charge in [0.1, 0.15) is 0 Å². The van der Waals surface area contributed by atoms with Crippen LogP contribution in [0.25, 0.3) is 0 Å². The number of anilines is 1. The maximum atomic E-state index is 5.26. The van der Waals surface area contributed by atoms with Crippen LogP contribution in [0.1, 0.15) is 38.2 Å². The van der Waals surface area contributed by atoms with Crippen molar-refractivity contribution in [3.05, 3.63) is 29.8 Å². The Balaban J connectivity index is 1.81. The quantitative estimate of drug-likeness (QED) is 0.917. The zero-order valence-electron chi connectivity index (χ0n) is 12.7. The first-order valence-corrected chi connectivity index (χ1v) is 7.82. The topological polar surface area (TPSA) is 24.5 Å². The van der Waals surface area contributed by atoms with Crippen LogP contribution < -0.4 is 10.2 Å². The molecule has 1 saturated heterocycles. The van der Waals surface area contributed by atoms with Crippen molar-refractivity contribution in [1.82, 2.24) is 5.32 Å². The van der Waals surface area contributed by atoms with Gasteiger partial charge in [0.05, 0.1) is 6.61 Å². The van der Waals surface area contributed by atoms with Gasteiger partial charge in [0.15, 0.2) is 0 Å². The Labute approximate surface area is 122 Å². The number of hydrogen-bond donors (Lipinski definition) is 1. The Morgan fingerprint density at radius 3 is 2.90 bits per heavy atom. The van der Waals surface area contributed by atoms with Gasteiger partial charge in [0, 0.05) is 37.5 Å². The zero-order valence-corrected chi connectivity index (χ0v) is 12.7. The van der Waals surface area contributed by atoms with Crippen LogP contribution in [0.4, 0.5) is 5.69 Å². The summed E-state index contributed by atoms with van der Waals surface area (Å²) in [5, 5.41) is 3.82. The van der Waals surface area contributed by atoms with Gasteiger partial charge in [-0.1, -0.05) is 25.0 Å². The van der Waals surface area contributed by atoms with E-state index in [9.17, 15) is 0 Å². The normalized spacial score (nSPS) is 25.3. The lowest BCUT2D eigenvalue weighted by Crippen LogP contribution is -2.62. The molecule has 3 rings (SSSR count). The van der Waals surface area contributed by atoms with Crippen molar-refractivity contribution in [2.75, 3.05) is 25.1 Å². The summed E-state index contributed by atoms with van der Waals surface area (Å²) in [5.41, 5.74) is 2.97. The predicted octanol–water partition coefficient (Wildman–Crippen LogP) is 2.94. The number of nitrogens with one attached hydrogen (secondary N) is 1. The highest BCUT2D eigenvalue weighted by atomic mass is 16.5. The van der Waals surface area contributed by atoms with Gasteiger partial charge in [0.2, 0.25) is 0 Å². The number of nitrogens with zero attached hydrogens (tertiary/aromatic N) is 1. The van der Waals surface area contributed by atoms with Crippen LogP contribution in [-0.4, -0.2) is 31.8 Å². The third-order valence-electron chi connectivity index (χ3n) is 4.89. The fourth-order valence-corrected chi connectivity index (χ4v) is 3.74. The summed E-state index contributed by atoms with van der Waals surface area (Å²) in [6.07, 6.45) is 5.40. The molecule has 110 valence electrons. The summed E-state index contributed by atoms with van der Waals surface area (Å²) < 4.78 is 5.26. The van der Waals surface area contributed by atoms with Gasteiger partial charge in [-0.15, -0.1) is 0 Å². The molecule has 3 heteroatoms. The second kappa shape index (κ2) is 5.74. The summed E-state index contributed by atoms with van der Waals surface area (Å²) >= 11 is 0. The molecule has 1 atom stereocenters. The van der Waals surface area contributed by atoms with Gasteiger partial charge < -0.3 is 15.0 Å². The molecule has 0 aromatic heterocycles. The highest BCUT2D eigenvalue weighted by molar-refractivity contribution is 5.50. The lowest BCUT2D eigenvalue weighted by atomic mass is 9.92. The first-order valence-electron chi connectivity index (χ1n) is 7.82. The summed E-state index contributed by atoms with van der Waals surface area (Å²) in [6.45, 7) is 5.25. The molecular formula is C17H26N2O. The van der Waals surface area contributed by atoms with Gasteiger partial charge >= 0.3 is 0 Å². The van der Waals surface area contributed by atoms with Crippen LogP contribution in [-0.2, 0) is 11.3 Å². The Morgan fingerprint density at radius 2 is 2.15 bits per heavy atom. The Morgan fingerprint density at radius 1 is 1.35 bits per heavy atom. The number of rotatable bonds is 3. The highest BCUT2D eigenvalue weighted by Gasteiger charge is 2.39. The van der Waals surface area contributed by atoms with Crippen LogP contribution in [0.2, 0.25) is 0 Å². The molecule has 1 spiro atoms. The third-order valence-corrected chi connectivity index (χ3v) is 4.89. The van der Waals surface area contributed by atoms with E-state index in [1.165, 1.54) is 36.9 Å². The molecule has 0 radical (unpaired) electrons. The van der Waals surface area contributed by atoms with Gasteiger partial charge in [-0.3, -0.25) is 0 Å². The minimum absolute atomic E-state index is 0.365. The Kier molecular flexibility index (Phi) is 3.99.